The third kappa shape index (κ3) is 3.15. The standard InChI is InChI=1S/C24H26N2O2/c1-25(2)17-8-12-20-22(14-17)28-23-15-18(26(3)4)9-13-21(23)24(20)16-6-10-19(27-5)11-7-16/h6-15,24H,1-5H3. The van der Waals surface area contributed by atoms with Crippen molar-refractivity contribution in [3.8, 4) is 17.2 Å². The average molecular weight is 374 g/mol. The number of fused-ring (bicyclic) bond motifs is 2. The molecule has 0 saturated carbocycles. The molecule has 3 aromatic carbocycles. The number of anilines is 2. The molecule has 1 heterocycles. The van der Waals surface area contributed by atoms with Crippen LogP contribution in [0.25, 0.3) is 0 Å². The molecular weight excluding hydrogens is 348 g/mol. The fourth-order valence-electron chi connectivity index (χ4n) is 3.70. The molecule has 28 heavy (non-hydrogen) atoms. The lowest BCUT2D eigenvalue weighted by molar-refractivity contribution is 0.414. The highest BCUT2D eigenvalue weighted by molar-refractivity contribution is 5.65. The monoisotopic (exact) mass is 374 g/mol. The number of hydrogen-bond donors (Lipinski definition) is 0. The van der Waals surface area contributed by atoms with Gasteiger partial charge in [-0.25, -0.2) is 0 Å². The van der Waals surface area contributed by atoms with Crippen LogP contribution in [0.4, 0.5) is 11.4 Å². The Bertz CT molecular complexity index is 936. The van der Waals surface area contributed by atoms with Gasteiger partial charge in [0, 0.05) is 68.7 Å². The SMILES string of the molecule is COc1ccc(C2c3ccc(N(C)C)cc3Oc3cc(N(C)C)ccc32)cc1. The molecule has 3 aromatic rings. The fourth-order valence-corrected chi connectivity index (χ4v) is 3.70. The van der Waals surface area contributed by atoms with Crippen LogP contribution in [0.3, 0.4) is 0 Å². The van der Waals surface area contributed by atoms with Gasteiger partial charge in [-0.15, -0.1) is 0 Å². The van der Waals surface area contributed by atoms with E-state index in [1.807, 2.05) is 40.3 Å². The van der Waals surface area contributed by atoms with Gasteiger partial charge in [-0.3, -0.25) is 0 Å². The fraction of sp³-hybridized carbons (Fsp3) is 0.250. The summed E-state index contributed by atoms with van der Waals surface area (Å²) in [7, 11) is 9.88. The second-order valence-corrected chi connectivity index (χ2v) is 7.54. The lowest BCUT2D eigenvalue weighted by Gasteiger charge is -2.30. The number of hydrogen-bond acceptors (Lipinski definition) is 4. The second-order valence-electron chi connectivity index (χ2n) is 7.54. The van der Waals surface area contributed by atoms with Crippen LogP contribution < -0.4 is 19.3 Å². The van der Waals surface area contributed by atoms with Crippen LogP contribution >= 0.6 is 0 Å². The van der Waals surface area contributed by atoms with E-state index in [1.54, 1.807) is 7.11 Å². The van der Waals surface area contributed by atoms with Gasteiger partial charge in [0.1, 0.15) is 17.2 Å². The van der Waals surface area contributed by atoms with E-state index in [1.165, 1.54) is 16.7 Å². The number of ether oxygens (including phenoxy) is 2. The maximum absolute atomic E-state index is 6.38. The Labute approximate surface area is 166 Å². The van der Waals surface area contributed by atoms with Crippen LogP contribution in [0.5, 0.6) is 17.2 Å². The Morgan fingerprint density at radius 3 is 1.64 bits per heavy atom. The molecule has 1 aliphatic rings. The van der Waals surface area contributed by atoms with Crippen LogP contribution in [0.15, 0.2) is 60.7 Å². The van der Waals surface area contributed by atoms with Crippen molar-refractivity contribution in [1.82, 2.24) is 0 Å². The molecule has 0 amide bonds. The minimum Gasteiger partial charge on any atom is -0.497 e. The van der Waals surface area contributed by atoms with Crippen molar-refractivity contribution in [3.05, 3.63) is 77.4 Å². The van der Waals surface area contributed by atoms with Crippen LogP contribution in [0.2, 0.25) is 0 Å². The predicted molar refractivity (Wildman–Crippen MR) is 116 cm³/mol. The highest BCUT2D eigenvalue weighted by Crippen LogP contribution is 2.49. The average Bonchev–Trinajstić information content (AvgIpc) is 2.71. The molecule has 0 bridgehead atoms. The summed E-state index contributed by atoms with van der Waals surface area (Å²) < 4.78 is 11.7. The normalized spacial score (nSPS) is 12.6. The molecular formula is C24H26N2O2. The third-order valence-electron chi connectivity index (χ3n) is 5.32. The van der Waals surface area contributed by atoms with E-state index in [4.69, 9.17) is 9.47 Å². The van der Waals surface area contributed by atoms with Crippen LogP contribution in [-0.4, -0.2) is 35.3 Å². The zero-order valence-electron chi connectivity index (χ0n) is 17.1. The van der Waals surface area contributed by atoms with E-state index in [-0.39, 0.29) is 5.92 Å². The molecule has 4 rings (SSSR count). The third-order valence-corrected chi connectivity index (χ3v) is 5.32. The molecule has 144 valence electrons. The van der Waals surface area contributed by atoms with Gasteiger partial charge in [-0.1, -0.05) is 24.3 Å². The van der Waals surface area contributed by atoms with Crippen molar-refractivity contribution in [2.45, 2.75) is 5.92 Å². The molecule has 0 spiro atoms. The predicted octanol–water partition coefficient (Wildman–Crippen LogP) is 5.11. The first-order valence-corrected chi connectivity index (χ1v) is 9.42. The summed E-state index contributed by atoms with van der Waals surface area (Å²) >= 11 is 0. The zero-order valence-corrected chi connectivity index (χ0v) is 17.1. The lowest BCUT2D eigenvalue weighted by Crippen LogP contribution is -2.15. The summed E-state index contributed by atoms with van der Waals surface area (Å²) in [5, 5.41) is 0. The molecule has 1 aliphatic heterocycles. The maximum atomic E-state index is 6.38. The topological polar surface area (TPSA) is 24.9 Å². The number of nitrogens with zero attached hydrogens (tertiary/aromatic N) is 2. The maximum Gasteiger partial charge on any atom is 0.133 e. The first-order valence-electron chi connectivity index (χ1n) is 9.42. The summed E-state index contributed by atoms with van der Waals surface area (Å²) in [5.41, 5.74) is 5.84. The number of rotatable bonds is 4. The lowest BCUT2D eigenvalue weighted by atomic mass is 9.82. The van der Waals surface area contributed by atoms with Crippen molar-refractivity contribution in [3.63, 3.8) is 0 Å². The van der Waals surface area contributed by atoms with Gasteiger partial charge in [0.15, 0.2) is 0 Å². The second kappa shape index (κ2) is 7.12. The van der Waals surface area contributed by atoms with Gasteiger partial charge in [0.2, 0.25) is 0 Å². The Hall–Kier alpha value is -3.14. The molecule has 0 radical (unpaired) electrons. The zero-order chi connectivity index (χ0) is 19.8. The van der Waals surface area contributed by atoms with E-state index in [9.17, 15) is 0 Å². The van der Waals surface area contributed by atoms with Crippen molar-refractivity contribution in [2.75, 3.05) is 45.1 Å². The first kappa shape index (κ1) is 18.2. The molecule has 0 unspecified atom stereocenters. The summed E-state index contributed by atoms with van der Waals surface area (Å²) in [4.78, 5) is 4.19. The Balaban J connectivity index is 1.88. The van der Waals surface area contributed by atoms with E-state index in [0.717, 1.165) is 28.6 Å². The highest BCUT2D eigenvalue weighted by Gasteiger charge is 2.29. The van der Waals surface area contributed by atoms with Crippen LogP contribution in [-0.2, 0) is 0 Å². The molecule has 0 aromatic heterocycles. The van der Waals surface area contributed by atoms with Gasteiger partial charge < -0.3 is 19.3 Å². The van der Waals surface area contributed by atoms with Gasteiger partial charge in [0.05, 0.1) is 7.11 Å². The smallest absolute Gasteiger partial charge is 0.133 e. The van der Waals surface area contributed by atoms with E-state index in [2.05, 4.69) is 58.3 Å². The van der Waals surface area contributed by atoms with Gasteiger partial charge in [-0.2, -0.15) is 0 Å². The molecule has 4 heteroatoms. The minimum absolute atomic E-state index is 0.122. The van der Waals surface area contributed by atoms with E-state index in [0.29, 0.717) is 0 Å². The van der Waals surface area contributed by atoms with Crippen molar-refractivity contribution in [1.29, 1.82) is 0 Å². The molecule has 0 fully saturated rings. The van der Waals surface area contributed by atoms with E-state index >= 15 is 0 Å². The summed E-state index contributed by atoms with van der Waals surface area (Å²) in [6, 6.07) is 21.2. The summed E-state index contributed by atoms with van der Waals surface area (Å²) in [6.07, 6.45) is 0. The van der Waals surface area contributed by atoms with Crippen molar-refractivity contribution < 1.29 is 9.47 Å². The minimum atomic E-state index is 0.122. The Morgan fingerprint density at radius 1 is 0.714 bits per heavy atom. The van der Waals surface area contributed by atoms with Gasteiger partial charge in [0.25, 0.3) is 0 Å². The molecule has 0 aliphatic carbocycles. The highest BCUT2D eigenvalue weighted by atomic mass is 16.5. The number of methoxy groups -OCH3 is 1. The van der Waals surface area contributed by atoms with E-state index < -0.39 is 0 Å². The van der Waals surface area contributed by atoms with Crippen LogP contribution in [0.1, 0.15) is 22.6 Å². The molecule has 0 N–H and O–H groups in total. The van der Waals surface area contributed by atoms with Crippen molar-refractivity contribution >= 4 is 11.4 Å². The Kier molecular flexibility index (Phi) is 4.63. The molecule has 0 saturated heterocycles. The molecule has 4 nitrogen and oxygen atoms in total. The first-order chi connectivity index (χ1) is 13.5. The largest absolute Gasteiger partial charge is 0.497 e. The quantitative estimate of drug-likeness (QED) is 0.495. The van der Waals surface area contributed by atoms with Crippen molar-refractivity contribution in [2.24, 2.45) is 0 Å². The van der Waals surface area contributed by atoms with Gasteiger partial charge >= 0.3 is 0 Å². The Morgan fingerprint density at radius 2 is 1.21 bits per heavy atom. The van der Waals surface area contributed by atoms with Crippen LogP contribution in [0, 0.1) is 0 Å². The molecule has 0 atom stereocenters. The summed E-state index contributed by atoms with van der Waals surface area (Å²) in [5.74, 6) is 2.81. The summed E-state index contributed by atoms with van der Waals surface area (Å²) in [6.45, 7) is 0. The van der Waals surface area contributed by atoms with Gasteiger partial charge in [-0.05, 0) is 29.8 Å². The number of benzene rings is 3.